The van der Waals surface area contributed by atoms with Crippen LogP contribution < -0.4 is 5.32 Å². The third-order valence-corrected chi connectivity index (χ3v) is 4.35. The van der Waals surface area contributed by atoms with E-state index in [9.17, 15) is 10.1 Å². The van der Waals surface area contributed by atoms with E-state index >= 15 is 0 Å². The number of halogens is 1. The Balaban J connectivity index is 1.45. The Hall–Kier alpha value is -2.32. The number of anilines is 1. The molecule has 0 aliphatic rings. The van der Waals surface area contributed by atoms with E-state index in [2.05, 4.69) is 15.3 Å². The normalized spacial score (nSPS) is 10.9. The summed E-state index contributed by atoms with van der Waals surface area (Å²) < 4.78 is 5.62. The molecule has 124 valence electrons. The molecule has 0 saturated heterocycles. The molecule has 0 amide bonds. The molecule has 7 nitrogen and oxygen atoms in total. The van der Waals surface area contributed by atoms with E-state index < -0.39 is 4.92 Å². The van der Waals surface area contributed by atoms with E-state index in [0.29, 0.717) is 17.6 Å². The summed E-state index contributed by atoms with van der Waals surface area (Å²) in [5.41, 5.74) is 1.43. The van der Waals surface area contributed by atoms with Crippen LogP contribution in [0.25, 0.3) is 11.1 Å². The van der Waals surface area contributed by atoms with Gasteiger partial charge in [-0.15, -0.1) is 0 Å². The van der Waals surface area contributed by atoms with Crippen molar-refractivity contribution in [2.24, 2.45) is 0 Å². The summed E-state index contributed by atoms with van der Waals surface area (Å²) in [5.74, 6) is 1.33. The summed E-state index contributed by atoms with van der Waals surface area (Å²) in [7, 11) is 0. The zero-order valence-electron chi connectivity index (χ0n) is 12.4. The molecule has 3 rings (SSSR count). The summed E-state index contributed by atoms with van der Waals surface area (Å²) in [6.07, 6.45) is 0.847. The lowest BCUT2D eigenvalue weighted by Gasteiger charge is -2.05. The maximum atomic E-state index is 10.7. The maximum absolute atomic E-state index is 10.7. The summed E-state index contributed by atoms with van der Waals surface area (Å²) in [6, 6.07) is 10.5. The molecular weight excluding hydrogens is 352 g/mol. The number of benzene rings is 1. The van der Waals surface area contributed by atoms with Crippen molar-refractivity contribution >= 4 is 46.0 Å². The van der Waals surface area contributed by atoms with Gasteiger partial charge in [-0.1, -0.05) is 35.5 Å². The van der Waals surface area contributed by atoms with Crippen LogP contribution in [0.1, 0.15) is 6.42 Å². The van der Waals surface area contributed by atoms with Gasteiger partial charge >= 0.3 is 5.69 Å². The highest BCUT2D eigenvalue weighted by atomic mass is 35.5. The van der Waals surface area contributed by atoms with E-state index in [-0.39, 0.29) is 10.8 Å². The quantitative estimate of drug-likeness (QED) is 0.218. The summed E-state index contributed by atoms with van der Waals surface area (Å²) >= 11 is 7.30. The molecule has 2 aromatic heterocycles. The van der Waals surface area contributed by atoms with Crippen molar-refractivity contribution in [1.29, 1.82) is 0 Å². The number of rotatable bonds is 7. The van der Waals surface area contributed by atoms with Crippen LogP contribution in [0.4, 0.5) is 11.5 Å². The molecule has 0 aliphatic carbocycles. The second-order valence-corrected chi connectivity index (χ2v) is 6.24. The first-order valence-electron chi connectivity index (χ1n) is 7.16. The summed E-state index contributed by atoms with van der Waals surface area (Å²) in [4.78, 5) is 18.5. The zero-order chi connectivity index (χ0) is 16.9. The lowest BCUT2D eigenvalue weighted by atomic mass is 10.3. The first kappa shape index (κ1) is 16.5. The number of nitrogens with zero attached hydrogens (tertiary/aromatic N) is 3. The van der Waals surface area contributed by atoms with E-state index in [4.69, 9.17) is 16.0 Å². The number of para-hydroxylation sites is 2. The average Bonchev–Trinajstić information content (AvgIpc) is 2.97. The van der Waals surface area contributed by atoms with Crippen LogP contribution in [0, 0.1) is 10.1 Å². The fraction of sp³-hybridized carbons (Fsp3) is 0.200. The third kappa shape index (κ3) is 3.95. The first-order chi connectivity index (χ1) is 11.6. The topological polar surface area (TPSA) is 94.1 Å². The number of nitro groups is 1. The second kappa shape index (κ2) is 7.50. The molecule has 24 heavy (non-hydrogen) atoms. The van der Waals surface area contributed by atoms with Crippen molar-refractivity contribution in [3.05, 3.63) is 51.7 Å². The second-order valence-electron chi connectivity index (χ2n) is 4.84. The van der Waals surface area contributed by atoms with Gasteiger partial charge in [0, 0.05) is 18.4 Å². The van der Waals surface area contributed by atoms with E-state index in [1.54, 1.807) is 0 Å². The van der Waals surface area contributed by atoms with Crippen molar-refractivity contribution in [3.8, 4) is 0 Å². The number of oxazole rings is 1. The number of thioether (sulfide) groups is 1. The highest BCUT2D eigenvalue weighted by Gasteiger charge is 2.13. The lowest BCUT2D eigenvalue weighted by Crippen LogP contribution is -2.05. The molecule has 0 unspecified atom stereocenters. The van der Waals surface area contributed by atoms with Crippen LogP contribution in [0.15, 0.2) is 46.0 Å². The lowest BCUT2D eigenvalue weighted by molar-refractivity contribution is -0.385. The number of pyridine rings is 1. The molecule has 2 heterocycles. The molecule has 0 atom stereocenters. The molecule has 0 fully saturated rings. The van der Waals surface area contributed by atoms with Crippen LogP contribution in [0.2, 0.25) is 5.15 Å². The standard InChI is InChI=1S/C15H13ClN4O3S/c16-14-11(20(21)22)6-7-13(19-14)17-8-3-9-24-15-18-10-4-1-2-5-12(10)23-15/h1-2,4-7H,3,8-9H2,(H,17,19). The zero-order valence-corrected chi connectivity index (χ0v) is 14.0. The largest absolute Gasteiger partial charge is 0.431 e. The molecule has 0 radical (unpaired) electrons. The van der Waals surface area contributed by atoms with Gasteiger partial charge in [0.2, 0.25) is 5.15 Å². The Labute approximate surface area is 146 Å². The number of nitrogens with one attached hydrogen (secondary N) is 1. The smallest absolute Gasteiger partial charge is 0.306 e. The maximum Gasteiger partial charge on any atom is 0.306 e. The van der Waals surface area contributed by atoms with Gasteiger partial charge in [0.25, 0.3) is 5.22 Å². The monoisotopic (exact) mass is 364 g/mol. The molecule has 0 aliphatic heterocycles. The van der Waals surface area contributed by atoms with Crippen LogP contribution in [-0.4, -0.2) is 27.2 Å². The average molecular weight is 365 g/mol. The minimum atomic E-state index is -0.559. The van der Waals surface area contributed by atoms with Crippen molar-refractivity contribution in [2.75, 3.05) is 17.6 Å². The fourth-order valence-electron chi connectivity index (χ4n) is 2.02. The van der Waals surface area contributed by atoms with Crippen molar-refractivity contribution in [1.82, 2.24) is 9.97 Å². The molecular formula is C15H13ClN4O3S. The molecule has 3 aromatic rings. The van der Waals surface area contributed by atoms with Gasteiger partial charge in [-0.25, -0.2) is 9.97 Å². The Morgan fingerprint density at radius 3 is 2.83 bits per heavy atom. The molecule has 0 saturated carbocycles. The molecule has 1 aromatic carbocycles. The Morgan fingerprint density at radius 2 is 2.08 bits per heavy atom. The van der Waals surface area contributed by atoms with Gasteiger partial charge in [-0.2, -0.15) is 0 Å². The predicted octanol–water partition coefficient (Wildman–Crippen LogP) is 4.38. The molecule has 1 N–H and O–H groups in total. The van der Waals surface area contributed by atoms with Gasteiger partial charge < -0.3 is 9.73 Å². The van der Waals surface area contributed by atoms with Gasteiger partial charge in [0.1, 0.15) is 11.3 Å². The number of aromatic nitrogens is 2. The van der Waals surface area contributed by atoms with Crippen LogP contribution in [0.3, 0.4) is 0 Å². The molecule has 9 heteroatoms. The summed E-state index contributed by atoms with van der Waals surface area (Å²) in [6.45, 7) is 0.661. The number of hydrogen-bond donors (Lipinski definition) is 1. The third-order valence-electron chi connectivity index (χ3n) is 3.15. The van der Waals surface area contributed by atoms with Crippen molar-refractivity contribution in [3.63, 3.8) is 0 Å². The van der Waals surface area contributed by atoms with Gasteiger partial charge in [0.05, 0.1) is 4.92 Å². The van der Waals surface area contributed by atoms with Gasteiger partial charge in [0.15, 0.2) is 5.58 Å². The van der Waals surface area contributed by atoms with Crippen LogP contribution in [-0.2, 0) is 0 Å². The van der Waals surface area contributed by atoms with Gasteiger partial charge in [-0.3, -0.25) is 10.1 Å². The number of fused-ring (bicyclic) bond motifs is 1. The van der Waals surface area contributed by atoms with Crippen molar-refractivity contribution < 1.29 is 9.34 Å². The highest BCUT2D eigenvalue weighted by molar-refractivity contribution is 7.99. The van der Waals surface area contributed by atoms with E-state index in [1.807, 2.05) is 24.3 Å². The van der Waals surface area contributed by atoms with E-state index in [0.717, 1.165) is 23.3 Å². The SMILES string of the molecule is O=[N+]([O-])c1ccc(NCCCSc2nc3ccccc3o2)nc1Cl. The Kier molecular flexibility index (Phi) is 5.17. The summed E-state index contributed by atoms with van der Waals surface area (Å²) in [5, 5.41) is 14.3. The predicted molar refractivity (Wildman–Crippen MR) is 93.7 cm³/mol. The highest BCUT2D eigenvalue weighted by Crippen LogP contribution is 2.25. The van der Waals surface area contributed by atoms with Gasteiger partial charge in [-0.05, 0) is 24.6 Å². The molecule has 0 spiro atoms. The van der Waals surface area contributed by atoms with Crippen LogP contribution >= 0.6 is 23.4 Å². The fourth-order valence-corrected chi connectivity index (χ4v) is 3.02. The molecule has 0 bridgehead atoms. The van der Waals surface area contributed by atoms with E-state index in [1.165, 1.54) is 23.9 Å². The first-order valence-corrected chi connectivity index (χ1v) is 8.53. The van der Waals surface area contributed by atoms with Crippen molar-refractivity contribution in [2.45, 2.75) is 11.6 Å². The van der Waals surface area contributed by atoms with Crippen LogP contribution in [0.5, 0.6) is 0 Å². The minimum absolute atomic E-state index is 0.120. The number of hydrogen-bond acceptors (Lipinski definition) is 7. The minimum Gasteiger partial charge on any atom is -0.431 e. The Bertz CT molecular complexity index is 838. The Morgan fingerprint density at radius 1 is 1.25 bits per heavy atom.